The van der Waals surface area contributed by atoms with Crippen molar-refractivity contribution >= 4 is 69.1 Å². The van der Waals surface area contributed by atoms with Crippen molar-refractivity contribution < 1.29 is 0 Å². The molecule has 31 heavy (non-hydrogen) atoms. The summed E-state index contributed by atoms with van der Waals surface area (Å²) in [6.45, 7) is 0. The number of nitrogens with zero attached hydrogens (tertiary/aromatic N) is 2. The van der Waals surface area contributed by atoms with Gasteiger partial charge in [-0.05, 0) is 53.6 Å². The molecular weight excluding hydrogens is 467 g/mol. The van der Waals surface area contributed by atoms with Crippen LogP contribution in [0.25, 0.3) is 22.6 Å². The Morgan fingerprint density at radius 2 is 1.71 bits per heavy atom. The smallest absolute Gasteiger partial charge is 0.104 e. The zero-order valence-electron chi connectivity index (χ0n) is 16.1. The van der Waals surface area contributed by atoms with Crippen LogP contribution in [0.4, 0.5) is 0 Å². The van der Waals surface area contributed by atoms with E-state index in [1.165, 1.54) is 0 Å². The number of benzene rings is 3. The fraction of sp³-hybridized carbons (Fsp3) is 0.0400. The Balaban J connectivity index is 1.76. The highest BCUT2D eigenvalue weighted by atomic mass is 35.5. The number of allylic oxidation sites excluding steroid dienone is 1. The lowest BCUT2D eigenvalue weighted by Gasteiger charge is -2.09. The molecule has 0 radical (unpaired) electrons. The Labute approximate surface area is 200 Å². The molecule has 4 rings (SSSR count). The van der Waals surface area contributed by atoms with Crippen LogP contribution in [0.2, 0.25) is 15.1 Å². The standard InChI is InChI=1S/C25H15Cl3N2S/c26-21-8-5-16(6-9-21)15-31-25-19(11-18-3-1-2-4-24(18)30-25)12-20(14-29)17-7-10-22(27)23(28)13-17/h1-13H,15H2/b20-12+. The molecule has 6 heteroatoms. The lowest BCUT2D eigenvalue weighted by atomic mass is 10.0. The van der Waals surface area contributed by atoms with Crippen molar-refractivity contribution in [1.82, 2.24) is 4.98 Å². The molecule has 1 aromatic heterocycles. The quantitative estimate of drug-likeness (QED) is 0.211. The minimum atomic E-state index is 0.411. The van der Waals surface area contributed by atoms with Crippen molar-refractivity contribution in [3.63, 3.8) is 0 Å². The highest BCUT2D eigenvalue weighted by molar-refractivity contribution is 7.98. The number of hydrogen-bond acceptors (Lipinski definition) is 3. The number of nitriles is 1. The van der Waals surface area contributed by atoms with Crippen LogP contribution in [0.15, 0.2) is 77.8 Å². The highest BCUT2D eigenvalue weighted by Crippen LogP contribution is 2.32. The van der Waals surface area contributed by atoms with E-state index in [-0.39, 0.29) is 0 Å². The first kappa shape index (κ1) is 21.7. The molecule has 0 amide bonds. The molecular formula is C25H15Cl3N2S. The number of fused-ring (bicyclic) bond motifs is 1. The Bertz CT molecular complexity index is 1330. The summed E-state index contributed by atoms with van der Waals surface area (Å²) in [7, 11) is 0. The third-order valence-corrected chi connectivity index (χ3v) is 6.73. The lowest BCUT2D eigenvalue weighted by Crippen LogP contribution is -1.91. The molecule has 0 saturated carbocycles. The van der Waals surface area contributed by atoms with Crippen LogP contribution >= 0.6 is 46.6 Å². The first-order chi connectivity index (χ1) is 15.0. The van der Waals surface area contributed by atoms with Gasteiger partial charge in [0.25, 0.3) is 0 Å². The summed E-state index contributed by atoms with van der Waals surface area (Å²) in [5, 5.41) is 13.2. The maximum absolute atomic E-state index is 9.80. The maximum atomic E-state index is 9.80. The van der Waals surface area contributed by atoms with Gasteiger partial charge in [-0.3, -0.25) is 0 Å². The van der Waals surface area contributed by atoms with E-state index in [0.717, 1.165) is 32.8 Å². The first-order valence-corrected chi connectivity index (χ1v) is 11.5. The third kappa shape index (κ3) is 5.23. The number of pyridine rings is 1. The molecule has 2 nitrogen and oxygen atoms in total. The average Bonchev–Trinajstić information content (AvgIpc) is 2.78. The molecule has 0 unspecified atom stereocenters. The van der Waals surface area contributed by atoms with Crippen molar-refractivity contribution in [2.75, 3.05) is 0 Å². The van der Waals surface area contributed by atoms with Crippen LogP contribution in [-0.4, -0.2) is 4.98 Å². The van der Waals surface area contributed by atoms with Crippen LogP contribution < -0.4 is 0 Å². The maximum Gasteiger partial charge on any atom is 0.104 e. The Morgan fingerprint density at radius 3 is 2.45 bits per heavy atom. The lowest BCUT2D eigenvalue weighted by molar-refractivity contribution is 1.17. The van der Waals surface area contributed by atoms with Gasteiger partial charge in [-0.15, -0.1) is 11.8 Å². The second-order valence-corrected chi connectivity index (χ2v) is 9.00. The van der Waals surface area contributed by atoms with E-state index in [4.69, 9.17) is 39.8 Å². The SMILES string of the molecule is N#C/C(=C\c1cc2ccccc2nc1SCc1ccc(Cl)cc1)c1ccc(Cl)c(Cl)c1. The van der Waals surface area contributed by atoms with Crippen molar-refractivity contribution in [2.45, 2.75) is 10.8 Å². The summed E-state index contributed by atoms with van der Waals surface area (Å²) in [4.78, 5) is 4.86. The van der Waals surface area contributed by atoms with Crippen molar-refractivity contribution in [3.8, 4) is 6.07 Å². The first-order valence-electron chi connectivity index (χ1n) is 9.38. The third-order valence-electron chi connectivity index (χ3n) is 4.66. The molecule has 0 spiro atoms. The van der Waals surface area contributed by atoms with Gasteiger partial charge in [-0.1, -0.05) is 71.2 Å². The molecule has 3 aromatic carbocycles. The van der Waals surface area contributed by atoms with Gasteiger partial charge < -0.3 is 0 Å². The van der Waals surface area contributed by atoms with E-state index >= 15 is 0 Å². The topological polar surface area (TPSA) is 36.7 Å². The fourth-order valence-corrected chi connectivity index (χ4v) is 4.43. The number of hydrogen-bond donors (Lipinski definition) is 0. The van der Waals surface area contributed by atoms with Crippen LogP contribution in [0.3, 0.4) is 0 Å². The molecule has 0 fully saturated rings. The van der Waals surface area contributed by atoms with Gasteiger partial charge in [0, 0.05) is 21.7 Å². The zero-order valence-corrected chi connectivity index (χ0v) is 19.2. The minimum Gasteiger partial charge on any atom is -0.241 e. The number of aromatic nitrogens is 1. The summed E-state index contributed by atoms with van der Waals surface area (Å²) in [6.07, 6.45) is 1.85. The van der Waals surface area contributed by atoms with Gasteiger partial charge >= 0.3 is 0 Å². The molecule has 4 aromatic rings. The molecule has 0 saturated heterocycles. The second kappa shape index (κ2) is 9.77. The molecule has 0 atom stereocenters. The molecule has 0 aliphatic carbocycles. The predicted octanol–water partition coefficient (Wildman–Crippen LogP) is 8.55. The molecule has 0 aliphatic rings. The molecule has 152 valence electrons. The molecule has 0 N–H and O–H groups in total. The van der Waals surface area contributed by atoms with Crippen LogP contribution in [0, 0.1) is 11.3 Å². The number of rotatable bonds is 5. The van der Waals surface area contributed by atoms with Crippen molar-refractivity contribution in [1.29, 1.82) is 5.26 Å². The predicted molar refractivity (Wildman–Crippen MR) is 133 cm³/mol. The molecule has 0 bridgehead atoms. The monoisotopic (exact) mass is 480 g/mol. The van der Waals surface area contributed by atoms with E-state index in [2.05, 4.69) is 12.1 Å². The van der Waals surface area contributed by atoms with Gasteiger partial charge in [0.2, 0.25) is 0 Å². The van der Waals surface area contributed by atoms with Crippen LogP contribution in [-0.2, 0) is 5.75 Å². The fourth-order valence-electron chi connectivity index (χ4n) is 3.07. The summed E-state index contributed by atoms with van der Waals surface area (Å²) in [5.41, 5.74) is 4.12. The second-order valence-electron chi connectivity index (χ2n) is 6.79. The largest absolute Gasteiger partial charge is 0.241 e. The minimum absolute atomic E-state index is 0.411. The van der Waals surface area contributed by atoms with Gasteiger partial charge in [0.1, 0.15) is 5.03 Å². The van der Waals surface area contributed by atoms with Crippen LogP contribution in [0.5, 0.6) is 0 Å². The number of thioether (sulfide) groups is 1. The molecule has 0 aliphatic heterocycles. The summed E-state index contributed by atoms with van der Waals surface area (Å²) >= 11 is 19.8. The Kier molecular flexibility index (Phi) is 6.85. The van der Waals surface area contributed by atoms with E-state index in [0.29, 0.717) is 26.2 Å². The molecule has 1 heterocycles. The van der Waals surface area contributed by atoms with Crippen molar-refractivity contribution in [3.05, 3.63) is 105 Å². The zero-order chi connectivity index (χ0) is 21.8. The Morgan fingerprint density at radius 1 is 0.935 bits per heavy atom. The summed E-state index contributed by atoms with van der Waals surface area (Å²) in [5.74, 6) is 0.734. The average molecular weight is 482 g/mol. The van der Waals surface area contributed by atoms with Gasteiger partial charge in [0.05, 0.1) is 27.2 Å². The summed E-state index contributed by atoms with van der Waals surface area (Å²) in [6, 6.07) is 25.2. The van der Waals surface area contributed by atoms with E-state index < -0.39 is 0 Å². The Hall–Kier alpha value is -2.48. The van der Waals surface area contributed by atoms with E-state index in [1.807, 2.05) is 54.6 Å². The highest BCUT2D eigenvalue weighted by Gasteiger charge is 2.10. The van der Waals surface area contributed by atoms with Crippen molar-refractivity contribution in [2.24, 2.45) is 0 Å². The number of para-hydroxylation sites is 1. The van der Waals surface area contributed by atoms with Gasteiger partial charge in [-0.25, -0.2) is 4.98 Å². The normalized spacial score (nSPS) is 11.5. The number of halogens is 3. The summed E-state index contributed by atoms with van der Waals surface area (Å²) < 4.78 is 0. The van der Waals surface area contributed by atoms with E-state index in [1.54, 1.807) is 30.0 Å². The van der Waals surface area contributed by atoms with Gasteiger partial charge in [-0.2, -0.15) is 5.26 Å². The van der Waals surface area contributed by atoms with Crippen LogP contribution in [0.1, 0.15) is 16.7 Å². The van der Waals surface area contributed by atoms with Gasteiger partial charge in [0.15, 0.2) is 0 Å². The van der Waals surface area contributed by atoms with E-state index in [9.17, 15) is 5.26 Å².